The Labute approximate surface area is 216 Å². The molecule has 4 aromatic rings. The van der Waals surface area contributed by atoms with Gasteiger partial charge in [0.2, 0.25) is 5.95 Å². The van der Waals surface area contributed by atoms with Crippen LogP contribution in [0.3, 0.4) is 0 Å². The molecule has 3 aromatic carbocycles. The highest BCUT2D eigenvalue weighted by Crippen LogP contribution is 2.48. The number of ether oxygens (including phenoxy) is 1. The number of hydrogen-bond acceptors (Lipinski definition) is 5. The number of aromatic nitrogens is 2. The number of para-hydroxylation sites is 1. The van der Waals surface area contributed by atoms with Gasteiger partial charge < -0.3 is 20.3 Å². The first-order chi connectivity index (χ1) is 18.1. The van der Waals surface area contributed by atoms with Gasteiger partial charge in [0, 0.05) is 43.0 Å². The van der Waals surface area contributed by atoms with Gasteiger partial charge in [0.15, 0.2) is 0 Å². The summed E-state index contributed by atoms with van der Waals surface area (Å²) in [6.07, 6.45) is 4.64. The third-order valence-corrected chi connectivity index (χ3v) is 7.46. The fourth-order valence-corrected chi connectivity index (χ4v) is 5.52. The van der Waals surface area contributed by atoms with E-state index in [4.69, 9.17) is 9.72 Å². The zero-order valence-corrected chi connectivity index (χ0v) is 20.8. The minimum atomic E-state index is -0.0712. The summed E-state index contributed by atoms with van der Waals surface area (Å²) >= 11 is 0. The van der Waals surface area contributed by atoms with Crippen LogP contribution in [-0.4, -0.2) is 41.0 Å². The Morgan fingerprint density at radius 1 is 0.919 bits per heavy atom. The van der Waals surface area contributed by atoms with E-state index in [0.29, 0.717) is 19.0 Å². The van der Waals surface area contributed by atoms with Crippen LogP contribution in [0.1, 0.15) is 24.0 Å². The second-order valence-electron chi connectivity index (χ2n) is 9.68. The van der Waals surface area contributed by atoms with Gasteiger partial charge in [-0.05, 0) is 66.8 Å². The molecule has 2 amide bonds. The third-order valence-electron chi connectivity index (χ3n) is 7.46. The van der Waals surface area contributed by atoms with Gasteiger partial charge in [0.1, 0.15) is 11.5 Å². The summed E-state index contributed by atoms with van der Waals surface area (Å²) < 4.78 is 5.85. The zero-order valence-electron chi connectivity index (χ0n) is 20.8. The maximum atomic E-state index is 13.1. The lowest BCUT2D eigenvalue weighted by Crippen LogP contribution is -2.48. The normalized spacial score (nSPS) is 15.4. The predicted octanol–water partition coefficient (Wildman–Crippen LogP) is 6.10. The number of carbonyl (C=O) groups excluding carboxylic acids is 1. The maximum Gasteiger partial charge on any atom is 0.321 e. The van der Waals surface area contributed by atoms with E-state index in [0.717, 1.165) is 42.1 Å². The zero-order chi connectivity index (χ0) is 25.2. The molecule has 1 fully saturated rings. The summed E-state index contributed by atoms with van der Waals surface area (Å²) in [5.74, 6) is 2.14. The Morgan fingerprint density at radius 2 is 1.62 bits per heavy atom. The largest absolute Gasteiger partial charge is 0.457 e. The standard InChI is InChI=1S/C30H29N5O2/c1-31-28-32-20-21-19-30(26-10-6-5-9-25(26)27(21)34-28)15-17-35(18-16-30)29(36)33-22-11-13-24(14-12-22)37-23-7-3-2-4-8-23/h2-14,20H,15-19H2,1H3,(H,33,36)(H,31,32,34). The van der Waals surface area contributed by atoms with E-state index in [2.05, 4.69) is 39.9 Å². The number of fused-ring (bicyclic) bond motifs is 4. The van der Waals surface area contributed by atoms with Gasteiger partial charge in [-0.25, -0.2) is 14.8 Å². The molecule has 37 heavy (non-hydrogen) atoms. The van der Waals surface area contributed by atoms with E-state index in [1.165, 1.54) is 16.7 Å². The van der Waals surface area contributed by atoms with Gasteiger partial charge >= 0.3 is 6.03 Å². The van der Waals surface area contributed by atoms with E-state index in [1.54, 1.807) is 0 Å². The van der Waals surface area contributed by atoms with Gasteiger partial charge in [0.25, 0.3) is 0 Å². The molecule has 1 saturated heterocycles. The number of urea groups is 1. The lowest BCUT2D eigenvalue weighted by Gasteiger charge is -2.45. The first-order valence-corrected chi connectivity index (χ1v) is 12.7. The van der Waals surface area contributed by atoms with Crippen molar-refractivity contribution >= 4 is 17.7 Å². The minimum absolute atomic E-state index is 0.0126. The lowest BCUT2D eigenvalue weighted by molar-refractivity contribution is 0.166. The number of amides is 2. The van der Waals surface area contributed by atoms with Gasteiger partial charge in [-0.2, -0.15) is 0 Å². The molecule has 1 spiro atoms. The molecular formula is C30H29N5O2. The molecule has 186 valence electrons. The summed E-state index contributed by atoms with van der Waals surface area (Å²) in [6, 6.07) is 25.6. The van der Waals surface area contributed by atoms with Crippen molar-refractivity contribution in [2.75, 3.05) is 30.8 Å². The molecule has 1 aliphatic heterocycles. The quantitative estimate of drug-likeness (QED) is 0.361. The number of carbonyl (C=O) groups is 1. The summed E-state index contributed by atoms with van der Waals surface area (Å²) in [5, 5.41) is 6.10. The number of benzene rings is 3. The SMILES string of the molecule is CNc1ncc2c(n1)-c1ccccc1C1(CCN(C(=O)Nc3ccc(Oc4ccccc4)cc3)CC1)C2. The van der Waals surface area contributed by atoms with Crippen LogP contribution >= 0.6 is 0 Å². The van der Waals surface area contributed by atoms with Crippen molar-refractivity contribution in [2.45, 2.75) is 24.7 Å². The number of nitrogens with one attached hydrogen (secondary N) is 2. The second-order valence-corrected chi connectivity index (χ2v) is 9.68. The monoisotopic (exact) mass is 491 g/mol. The van der Waals surface area contributed by atoms with Gasteiger partial charge in [0.05, 0.1) is 5.69 Å². The fourth-order valence-electron chi connectivity index (χ4n) is 5.52. The van der Waals surface area contributed by atoms with Gasteiger partial charge in [-0.15, -0.1) is 0 Å². The summed E-state index contributed by atoms with van der Waals surface area (Å²) in [5.41, 5.74) is 5.44. The molecule has 2 N–H and O–H groups in total. The van der Waals surface area contributed by atoms with E-state index < -0.39 is 0 Å². The molecule has 1 aromatic heterocycles. The molecule has 7 nitrogen and oxygen atoms in total. The number of piperidine rings is 1. The van der Waals surface area contributed by atoms with Crippen molar-refractivity contribution in [1.82, 2.24) is 14.9 Å². The van der Waals surface area contributed by atoms with Crippen molar-refractivity contribution in [3.8, 4) is 22.8 Å². The maximum absolute atomic E-state index is 13.1. The molecule has 0 atom stereocenters. The highest BCUT2D eigenvalue weighted by atomic mass is 16.5. The van der Waals surface area contributed by atoms with E-state index in [1.807, 2.05) is 72.7 Å². The topological polar surface area (TPSA) is 79.4 Å². The highest BCUT2D eigenvalue weighted by Gasteiger charge is 2.42. The molecule has 7 heteroatoms. The van der Waals surface area contributed by atoms with Crippen molar-refractivity contribution in [2.24, 2.45) is 0 Å². The summed E-state index contributed by atoms with van der Waals surface area (Å²) in [6.45, 7) is 1.39. The predicted molar refractivity (Wildman–Crippen MR) is 145 cm³/mol. The van der Waals surface area contributed by atoms with Gasteiger partial charge in [-0.3, -0.25) is 0 Å². The Balaban J connectivity index is 1.13. The van der Waals surface area contributed by atoms with E-state index in [9.17, 15) is 4.79 Å². The minimum Gasteiger partial charge on any atom is -0.457 e. The Morgan fingerprint density at radius 3 is 2.38 bits per heavy atom. The lowest BCUT2D eigenvalue weighted by atomic mass is 9.64. The van der Waals surface area contributed by atoms with E-state index in [-0.39, 0.29) is 11.4 Å². The van der Waals surface area contributed by atoms with Crippen molar-refractivity contribution in [1.29, 1.82) is 0 Å². The average molecular weight is 492 g/mol. The number of hydrogen-bond donors (Lipinski definition) is 2. The first kappa shape index (κ1) is 23.0. The molecule has 0 saturated carbocycles. The summed E-state index contributed by atoms with van der Waals surface area (Å²) in [7, 11) is 1.84. The molecule has 0 bridgehead atoms. The van der Waals surface area contributed by atoms with Crippen LogP contribution in [0.2, 0.25) is 0 Å². The fraction of sp³-hybridized carbons (Fsp3) is 0.233. The van der Waals surface area contributed by atoms with Crippen LogP contribution in [0.4, 0.5) is 16.4 Å². The second kappa shape index (κ2) is 9.58. The molecule has 2 heterocycles. The number of rotatable bonds is 4. The Kier molecular flexibility index (Phi) is 5.96. The molecule has 6 rings (SSSR count). The van der Waals surface area contributed by atoms with E-state index >= 15 is 0 Å². The van der Waals surface area contributed by atoms with Crippen molar-refractivity contribution in [3.05, 3.63) is 96.2 Å². The van der Waals surface area contributed by atoms with Crippen molar-refractivity contribution in [3.63, 3.8) is 0 Å². The van der Waals surface area contributed by atoms with Crippen LogP contribution < -0.4 is 15.4 Å². The van der Waals surface area contributed by atoms with Crippen LogP contribution in [-0.2, 0) is 11.8 Å². The van der Waals surface area contributed by atoms with Crippen LogP contribution in [0.5, 0.6) is 11.5 Å². The van der Waals surface area contributed by atoms with Crippen LogP contribution in [0.25, 0.3) is 11.3 Å². The molecule has 0 unspecified atom stereocenters. The number of nitrogens with zero attached hydrogens (tertiary/aromatic N) is 3. The Bertz CT molecular complexity index is 1410. The Hall–Kier alpha value is -4.39. The van der Waals surface area contributed by atoms with Crippen LogP contribution in [0, 0.1) is 0 Å². The molecule has 1 aliphatic carbocycles. The van der Waals surface area contributed by atoms with Gasteiger partial charge in [-0.1, -0.05) is 42.5 Å². The number of anilines is 2. The first-order valence-electron chi connectivity index (χ1n) is 12.7. The molecular weight excluding hydrogens is 462 g/mol. The summed E-state index contributed by atoms with van der Waals surface area (Å²) in [4.78, 5) is 24.2. The van der Waals surface area contributed by atoms with Crippen molar-refractivity contribution < 1.29 is 9.53 Å². The molecule has 2 aliphatic rings. The highest BCUT2D eigenvalue weighted by molar-refractivity contribution is 5.89. The average Bonchev–Trinajstić information content (AvgIpc) is 2.95. The smallest absolute Gasteiger partial charge is 0.321 e. The number of likely N-dealkylation sites (tertiary alicyclic amines) is 1. The van der Waals surface area contributed by atoms with Crippen LogP contribution in [0.15, 0.2) is 85.1 Å². The molecule has 0 radical (unpaired) electrons. The third kappa shape index (κ3) is 4.48.